The highest BCUT2D eigenvalue weighted by Gasteiger charge is 2.33. The summed E-state index contributed by atoms with van der Waals surface area (Å²) in [6, 6.07) is 102. The summed E-state index contributed by atoms with van der Waals surface area (Å²) in [6.07, 6.45) is 0. The fourth-order valence-electron chi connectivity index (χ4n) is 12.1. The van der Waals surface area contributed by atoms with Crippen molar-refractivity contribution in [3.05, 3.63) is 279 Å². The van der Waals surface area contributed by atoms with Crippen LogP contribution in [0.1, 0.15) is 0 Å². The van der Waals surface area contributed by atoms with E-state index in [9.17, 15) is 0 Å². The zero-order valence-corrected chi connectivity index (χ0v) is 40.3. The Labute approximate surface area is 430 Å². The van der Waals surface area contributed by atoms with Crippen LogP contribution in [0.3, 0.4) is 0 Å². The molecule has 13 aromatic rings. The summed E-state index contributed by atoms with van der Waals surface area (Å²) in [5.74, 6) is 0. The van der Waals surface area contributed by atoms with Crippen LogP contribution in [0.25, 0.3) is 65.3 Å². The minimum absolute atomic E-state index is 1.09. The van der Waals surface area contributed by atoms with E-state index in [1.807, 2.05) is 0 Å². The summed E-state index contributed by atoms with van der Waals surface area (Å²) in [7, 11) is 0. The van der Waals surface area contributed by atoms with E-state index in [1.165, 1.54) is 65.3 Å². The Kier molecular flexibility index (Phi) is 9.54. The van der Waals surface area contributed by atoms with E-state index in [1.54, 1.807) is 0 Å². The molecule has 346 valence electrons. The zero-order valence-electron chi connectivity index (χ0n) is 40.3. The second-order valence-electron chi connectivity index (χ2n) is 19.2. The molecular formula is C70H46N4. The molecule has 4 heteroatoms. The van der Waals surface area contributed by atoms with Gasteiger partial charge in [0.25, 0.3) is 0 Å². The third kappa shape index (κ3) is 6.42. The van der Waals surface area contributed by atoms with Crippen LogP contribution in [0.2, 0.25) is 0 Å². The zero-order chi connectivity index (χ0) is 48.7. The van der Waals surface area contributed by atoms with Crippen LogP contribution in [-0.2, 0) is 0 Å². The van der Waals surface area contributed by atoms with Gasteiger partial charge in [-0.05, 0) is 162 Å². The lowest BCUT2D eigenvalue weighted by Crippen LogP contribution is -2.23. The number of fused-ring (bicyclic) bond motifs is 8. The highest BCUT2D eigenvalue weighted by molar-refractivity contribution is 6.26. The average molecular weight is 943 g/mol. The van der Waals surface area contributed by atoms with Crippen molar-refractivity contribution in [2.75, 3.05) is 19.6 Å². The molecule has 15 rings (SSSR count). The Morgan fingerprint density at radius 1 is 0.176 bits per heavy atom. The van der Waals surface area contributed by atoms with Crippen LogP contribution >= 0.6 is 0 Å². The Hall–Kier alpha value is -9.90. The van der Waals surface area contributed by atoms with Crippen LogP contribution in [0, 0.1) is 0 Å². The molecule has 0 unspecified atom stereocenters. The van der Waals surface area contributed by atoms with E-state index in [0.717, 1.165) is 68.2 Å². The minimum atomic E-state index is 1.09. The third-order valence-electron chi connectivity index (χ3n) is 15.2. The number of anilines is 12. The van der Waals surface area contributed by atoms with Gasteiger partial charge >= 0.3 is 0 Å². The maximum atomic E-state index is 2.47. The standard InChI is InChI=1S/C70H46N4/c1-3-25-49(26-4-1)71-61-33-11-15-37-65(61)73(66-38-16-12-34-62(66)71)51-41-43-57-59(45-51)69(55-31-19-23-47-21-7-9-29-53(47)55)58-44-42-52(46-60(58)70(57)56-32-20-24-48-22-8-10-30-54(48)56)74-67-39-17-13-35-63(67)72(50-27-5-2-6-28-50)64-36-14-18-40-68(64)74/h1-46H. The van der Waals surface area contributed by atoms with Crippen molar-refractivity contribution in [2.45, 2.75) is 0 Å². The van der Waals surface area contributed by atoms with Crippen molar-refractivity contribution in [1.82, 2.24) is 0 Å². The Morgan fingerprint density at radius 2 is 0.459 bits per heavy atom. The van der Waals surface area contributed by atoms with Gasteiger partial charge in [-0.2, -0.15) is 0 Å². The smallest absolute Gasteiger partial charge is 0.0703 e. The molecule has 74 heavy (non-hydrogen) atoms. The lowest BCUT2D eigenvalue weighted by molar-refractivity contribution is 1.17. The second kappa shape index (κ2) is 16.9. The van der Waals surface area contributed by atoms with E-state index < -0.39 is 0 Å². The fraction of sp³-hybridized carbons (Fsp3) is 0. The highest BCUT2D eigenvalue weighted by atomic mass is 15.3. The van der Waals surface area contributed by atoms with Crippen molar-refractivity contribution < 1.29 is 0 Å². The molecule has 0 bridgehead atoms. The Morgan fingerprint density at radius 3 is 0.811 bits per heavy atom. The van der Waals surface area contributed by atoms with Gasteiger partial charge in [0.05, 0.1) is 45.5 Å². The molecule has 0 amide bonds. The first kappa shape index (κ1) is 41.8. The molecule has 4 nitrogen and oxygen atoms in total. The van der Waals surface area contributed by atoms with E-state index >= 15 is 0 Å². The number of rotatable bonds is 6. The van der Waals surface area contributed by atoms with Crippen molar-refractivity contribution in [1.29, 1.82) is 0 Å². The maximum absolute atomic E-state index is 2.47. The topological polar surface area (TPSA) is 13.0 Å². The highest BCUT2D eigenvalue weighted by Crippen LogP contribution is 2.58. The molecule has 0 spiro atoms. The van der Waals surface area contributed by atoms with Crippen molar-refractivity contribution in [3.63, 3.8) is 0 Å². The summed E-state index contributed by atoms with van der Waals surface area (Å²) in [5.41, 5.74) is 18.2. The van der Waals surface area contributed by atoms with E-state index in [0.29, 0.717) is 0 Å². The fourth-order valence-corrected chi connectivity index (χ4v) is 12.1. The summed E-state index contributed by atoms with van der Waals surface area (Å²) in [6.45, 7) is 0. The van der Waals surface area contributed by atoms with Crippen LogP contribution < -0.4 is 19.6 Å². The normalized spacial score (nSPS) is 12.8. The summed E-state index contributed by atoms with van der Waals surface area (Å²) in [5, 5.41) is 9.62. The lowest BCUT2D eigenvalue weighted by Gasteiger charge is -2.40. The molecule has 0 atom stereocenters. The Balaban J connectivity index is 1.04. The third-order valence-corrected chi connectivity index (χ3v) is 15.2. The molecule has 0 aromatic heterocycles. The second-order valence-corrected chi connectivity index (χ2v) is 19.2. The molecule has 0 aliphatic carbocycles. The summed E-state index contributed by atoms with van der Waals surface area (Å²) in [4.78, 5) is 9.72. The van der Waals surface area contributed by atoms with Gasteiger partial charge in [0, 0.05) is 22.7 Å². The number of hydrogen-bond acceptors (Lipinski definition) is 4. The molecule has 0 saturated carbocycles. The molecule has 2 aliphatic heterocycles. The number of benzene rings is 13. The van der Waals surface area contributed by atoms with Gasteiger partial charge in [-0.1, -0.05) is 182 Å². The molecular weight excluding hydrogens is 897 g/mol. The first-order valence-corrected chi connectivity index (χ1v) is 25.4. The van der Waals surface area contributed by atoms with Crippen molar-refractivity contribution in [3.8, 4) is 22.3 Å². The van der Waals surface area contributed by atoms with Crippen LogP contribution in [0.4, 0.5) is 68.2 Å². The predicted octanol–water partition coefficient (Wildman–Crippen LogP) is 20.1. The molecule has 0 saturated heterocycles. The molecule has 0 radical (unpaired) electrons. The average Bonchev–Trinajstić information content (AvgIpc) is 3.47. The van der Waals surface area contributed by atoms with Gasteiger partial charge in [-0.15, -0.1) is 0 Å². The first-order valence-electron chi connectivity index (χ1n) is 25.4. The van der Waals surface area contributed by atoms with Gasteiger partial charge < -0.3 is 19.6 Å². The van der Waals surface area contributed by atoms with E-state index in [-0.39, 0.29) is 0 Å². The van der Waals surface area contributed by atoms with Gasteiger partial charge in [-0.3, -0.25) is 0 Å². The minimum Gasteiger partial charge on any atom is -0.306 e. The van der Waals surface area contributed by atoms with Crippen LogP contribution in [0.5, 0.6) is 0 Å². The number of para-hydroxylation sites is 10. The lowest BCUT2D eigenvalue weighted by atomic mass is 9.83. The number of hydrogen-bond donors (Lipinski definition) is 0. The maximum Gasteiger partial charge on any atom is 0.0703 e. The van der Waals surface area contributed by atoms with Gasteiger partial charge in [-0.25, -0.2) is 0 Å². The van der Waals surface area contributed by atoms with E-state index in [4.69, 9.17) is 0 Å². The van der Waals surface area contributed by atoms with Gasteiger partial charge in [0.15, 0.2) is 0 Å². The predicted molar refractivity (Wildman–Crippen MR) is 313 cm³/mol. The molecule has 0 N–H and O–H groups in total. The Bertz CT molecular complexity index is 3970. The molecule has 2 aliphatic rings. The first-order chi connectivity index (χ1) is 36.8. The molecule has 0 fully saturated rings. The number of nitrogens with zero attached hydrogens (tertiary/aromatic N) is 4. The molecule has 13 aromatic carbocycles. The quantitative estimate of drug-likeness (QED) is 0.154. The van der Waals surface area contributed by atoms with Gasteiger partial charge in [0.2, 0.25) is 0 Å². The molecule has 2 heterocycles. The summed E-state index contributed by atoms with van der Waals surface area (Å²) < 4.78 is 0. The monoisotopic (exact) mass is 942 g/mol. The summed E-state index contributed by atoms with van der Waals surface area (Å²) >= 11 is 0. The SMILES string of the molecule is c1ccc(N2c3ccccc3N(c3ccc4c(-c5cccc6ccccc56)c5cc(N6c7ccccc7N(c7ccccc7)c7ccccc76)ccc5c(-c5cccc6ccccc56)c4c3)c3ccccc32)cc1. The van der Waals surface area contributed by atoms with Crippen molar-refractivity contribution >= 4 is 111 Å². The van der Waals surface area contributed by atoms with Crippen LogP contribution in [-0.4, -0.2) is 0 Å². The largest absolute Gasteiger partial charge is 0.306 e. The van der Waals surface area contributed by atoms with Crippen LogP contribution in [0.15, 0.2) is 279 Å². The van der Waals surface area contributed by atoms with E-state index in [2.05, 4.69) is 299 Å². The van der Waals surface area contributed by atoms with Crippen molar-refractivity contribution in [2.24, 2.45) is 0 Å². The van der Waals surface area contributed by atoms with Gasteiger partial charge in [0.1, 0.15) is 0 Å².